The zero-order valence-corrected chi connectivity index (χ0v) is 25.1. The van der Waals surface area contributed by atoms with Crippen molar-refractivity contribution in [3.05, 3.63) is 94.1 Å². The summed E-state index contributed by atoms with van der Waals surface area (Å²) in [5.41, 5.74) is 0.784. The van der Waals surface area contributed by atoms with E-state index in [0.29, 0.717) is 54.9 Å². The molecule has 2 nitrogen and oxygen atoms in total. The van der Waals surface area contributed by atoms with Crippen molar-refractivity contribution in [3.8, 4) is 16.9 Å². The van der Waals surface area contributed by atoms with Crippen LogP contribution in [0.15, 0.2) is 42.5 Å². The lowest BCUT2D eigenvalue weighted by Crippen LogP contribution is -2.23. The molecule has 0 aromatic heterocycles. The van der Waals surface area contributed by atoms with E-state index in [9.17, 15) is 17.6 Å². The van der Waals surface area contributed by atoms with Crippen LogP contribution in [0.5, 0.6) is 5.75 Å². The second kappa shape index (κ2) is 14.2. The average molecular weight is 617 g/mol. The van der Waals surface area contributed by atoms with Gasteiger partial charge >= 0.3 is 0 Å². The average Bonchev–Trinajstić information content (AvgIpc) is 3.03. The second-order valence-electron chi connectivity index (χ2n) is 12.0. The number of aryl methyl sites for hydroxylation is 1. The van der Waals surface area contributed by atoms with E-state index >= 15 is 8.78 Å². The van der Waals surface area contributed by atoms with Crippen LogP contribution in [0, 0.1) is 47.7 Å². The Morgan fingerprint density at radius 2 is 1.36 bits per heavy atom. The fraction of sp³-hybridized carbons (Fsp3) is 0.444. The Morgan fingerprint density at radius 1 is 0.705 bits per heavy atom. The van der Waals surface area contributed by atoms with Gasteiger partial charge in [0.2, 0.25) is 5.82 Å². The van der Waals surface area contributed by atoms with Crippen LogP contribution in [-0.2, 0) is 4.74 Å². The number of hydrogen-bond donors (Lipinski definition) is 0. The number of allylic oxidation sites excluding steroid dienone is 1. The summed E-state index contributed by atoms with van der Waals surface area (Å²) in [7, 11) is 0. The van der Waals surface area contributed by atoms with Crippen molar-refractivity contribution in [3.63, 3.8) is 0 Å². The summed E-state index contributed by atoms with van der Waals surface area (Å²) in [4.78, 5) is 0. The maximum absolute atomic E-state index is 15.2. The summed E-state index contributed by atoms with van der Waals surface area (Å²) < 4.78 is 99.7. The van der Waals surface area contributed by atoms with Crippen molar-refractivity contribution in [2.75, 3.05) is 13.2 Å². The molecule has 0 radical (unpaired) electrons. The minimum atomic E-state index is -1.29. The first kappa shape index (κ1) is 32.1. The minimum Gasteiger partial charge on any atom is -0.490 e. The van der Waals surface area contributed by atoms with E-state index in [1.165, 1.54) is 24.3 Å². The first-order valence-corrected chi connectivity index (χ1v) is 15.5. The highest BCUT2D eigenvalue weighted by atomic mass is 19.2. The molecule has 3 aromatic rings. The van der Waals surface area contributed by atoms with Gasteiger partial charge in [0.15, 0.2) is 34.8 Å². The number of hydrogen-bond acceptors (Lipinski definition) is 2. The van der Waals surface area contributed by atoms with E-state index in [-0.39, 0.29) is 41.1 Å². The minimum absolute atomic E-state index is 0.00245. The van der Waals surface area contributed by atoms with Crippen LogP contribution in [0.2, 0.25) is 0 Å². The van der Waals surface area contributed by atoms with Gasteiger partial charge in [-0.05, 0) is 99.0 Å². The molecule has 1 unspecified atom stereocenters. The molecule has 1 atom stereocenters. The summed E-state index contributed by atoms with van der Waals surface area (Å²) in [5.74, 6) is -6.27. The molecule has 0 bridgehead atoms. The van der Waals surface area contributed by atoms with Crippen molar-refractivity contribution < 1.29 is 35.8 Å². The van der Waals surface area contributed by atoms with E-state index < -0.39 is 34.9 Å². The van der Waals surface area contributed by atoms with Gasteiger partial charge in [0, 0.05) is 23.3 Å². The summed E-state index contributed by atoms with van der Waals surface area (Å²) >= 11 is 0. The number of ether oxygens (including phenoxy) is 2. The monoisotopic (exact) mass is 616 g/mol. The first-order chi connectivity index (χ1) is 21.2. The standard InChI is InChI=1S/C36H38F6O2/c1-3-4-19-43-30-18-17-29(35(41)36(30)42)28-16-15-27(33(39)34(28)40)24-10-12-25(13-11-24)44-20-22-6-8-23(9-7-22)26-14-5-21(2)31(37)32(26)38/h5,10,14-18,22-23,25H,3-4,6-9,11-13,19-20H2,1-2H3. The van der Waals surface area contributed by atoms with E-state index in [1.54, 1.807) is 19.1 Å². The molecule has 0 spiro atoms. The van der Waals surface area contributed by atoms with Gasteiger partial charge in [-0.3, -0.25) is 0 Å². The van der Waals surface area contributed by atoms with E-state index in [2.05, 4.69) is 0 Å². The van der Waals surface area contributed by atoms with Crippen LogP contribution in [0.1, 0.15) is 87.3 Å². The Kier molecular flexibility index (Phi) is 10.4. The lowest BCUT2D eigenvalue weighted by molar-refractivity contribution is 0.0157. The van der Waals surface area contributed by atoms with Crippen LogP contribution >= 0.6 is 0 Å². The molecule has 2 aliphatic carbocycles. The van der Waals surface area contributed by atoms with Gasteiger partial charge in [0.05, 0.1) is 12.7 Å². The number of halogens is 6. The van der Waals surface area contributed by atoms with Crippen molar-refractivity contribution in [2.24, 2.45) is 5.92 Å². The Morgan fingerprint density at radius 3 is 2.05 bits per heavy atom. The number of unbranched alkanes of at least 4 members (excludes halogenated alkanes) is 1. The third kappa shape index (κ3) is 6.85. The van der Waals surface area contributed by atoms with Crippen molar-refractivity contribution in [1.82, 2.24) is 0 Å². The zero-order valence-electron chi connectivity index (χ0n) is 25.1. The molecule has 2 aliphatic rings. The fourth-order valence-electron chi connectivity index (χ4n) is 6.28. The Bertz CT molecular complexity index is 1510. The normalized spacial score (nSPS) is 20.5. The molecule has 0 aliphatic heterocycles. The van der Waals surface area contributed by atoms with Crippen molar-refractivity contribution in [2.45, 2.75) is 83.7 Å². The molecule has 0 amide bonds. The Labute approximate surface area is 255 Å². The molecule has 8 heteroatoms. The van der Waals surface area contributed by atoms with Gasteiger partial charge in [-0.25, -0.2) is 22.0 Å². The van der Waals surface area contributed by atoms with E-state index in [0.717, 1.165) is 32.1 Å². The van der Waals surface area contributed by atoms with Gasteiger partial charge in [-0.15, -0.1) is 0 Å². The van der Waals surface area contributed by atoms with Gasteiger partial charge < -0.3 is 9.47 Å². The molecule has 0 heterocycles. The molecule has 1 fully saturated rings. The van der Waals surface area contributed by atoms with Gasteiger partial charge in [-0.2, -0.15) is 4.39 Å². The SMILES string of the molecule is CCCCOc1ccc(-c2ccc(C3=CCC(OCC4CCC(c5ccc(C)c(F)c5F)CC4)CC3)c(F)c2F)c(F)c1F. The molecular formula is C36H38F6O2. The van der Waals surface area contributed by atoms with Gasteiger partial charge in [-0.1, -0.05) is 43.7 Å². The maximum Gasteiger partial charge on any atom is 0.201 e. The first-order valence-electron chi connectivity index (χ1n) is 15.5. The molecular weight excluding hydrogens is 578 g/mol. The zero-order chi connectivity index (χ0) is 31.4. The molecule has 3 aromatic carbocycles. The summed E-state index contributed by atoms with van der Waals surface area (Å²) in [6.07, 6.45) is 8.24. The highest BCUT2D eigenvalue weighted by Gasteiger charge is 2.28. The van der Waals surface area contributed by atoms with Crippen LogP contribution in [0.3, 0.4) is 0 Å². The Balaban J connectivity index is 1.16. The molecule has 0 saturated heterocycles. The van der Waals surface area contributed by atoms with Gasteiger partial charge in [0.1, 0.15) is 0 Å². The molecule has 1 saturated carbocycles. The quantitative estimate of drug-likeness (QED) is 0.167. The number of benzene rings is 3. The molecule has 5 rings (SSSR count). The topological polar surface area (TPSA) is 18.5 Å². The maximum atomic E-state index is 15.2. The third-order valence-electron chi connectivity index (χ3n) is 9.04. The predicted octanol–water partition coefficient (Wildman–Crippen LogP) is 10.6. The predicted molar refractivity (Wildman–Crippen MR) is 159 cm³/mol. The smallest absolute Gasteiger partial charge is 0.201 e. The second-order valence-corrected chi connectivity index (χ2v) is 12.0. The number of rotatable bonds is 10. The van der Waals surface area contributed by atoms with Crippen LogP contribution in [0.25, 0.3) is 16.7 Å². The third-order valence-corrected chi connectivity index (χ3v) is 9.04. The lowest BCUT2D eigenvalue weighted by atomic mass is 9.78. The summed E-state index contributed by atoms with van der Waals surface area (Å²) in [6, 6.07) is 8.45. The van der Waals surface area contributed by atoms with Crippen molar-refractivity contribution in [1.29, 1.82) is 0 Å². The lowest BCUT2D eigenvalue weighted by Gasteiger charge is -2.31. The largest absolute Gasteiger partial charge is 0.490 e. The van der Waals surface area contributed by atoms with Crippen molar-refractivity contribution >= 4 is 5.57 Å². The fourth-order valence-corrected chi connectivity index (χ4v) is 6.28. The van der Waals surface area contributed by atoms with E-state index in [1.807, 2.05) is 13.0 Å². The highest BCUT2D eigenvalue weighted by molar-refractivity contribution is 5.72. The highest BCUT2D eigenvalue weighted by Crippen LogP contribution is 2.39. The van der Waals surface area contributed by atoms with Crippen LogP contribution in [-0.4, -0.2) is 19.3 Å². The molecule has 44 heavy (non-hydrogen) atoms. The molecule has 0 N–H and O–H groups in total. The van der Waals surface area contributed by atoms with Crippen LogP contribution in [0.4, 0.5) is 26.3 Å². The van der Waals surface area contributed by atoms with Gasteiger partial charge in [0.25, 0.3) is 0 Å². The van der Waals surface area contributed by atoms with E-state index in [4.69, 9.17) is 9.47 Å². The summed E-state index contributed by atoms with van der Waals surface area (Å²) in [6.45, 7) is 4.29. The molecule has 236 valence electrons. The Hall–Kier alpha value is -3.26. The summed E-state index contributed by atoms with van der Waals surface area (Å²) in [5, 5.41) is 0. The van der Waals surface area contributed by atoms with Crippen LogP contribution < -0.4 is 4.74 Å².